The summed E-state index contributed by atoms with van der Waals surface area (Å²) in [5.41, 5.74) is 2.41. The molecule has 0 N–H and O–H groups in total. The van der Waals surface area contributed by atoms with Crippen LogP contribution in [0.3, 0.4) is 0 Å². The van der Waals surface area contributed by atoms with Crippen molar-refractivity contribution in [2.75, 3.05) is 39.3 Å². The third kappa shape index (κ3) is 4.05. The number of carbonyl (C=O) groups excluding carboxylic acids is 1. The fourth-order valence-corrected chi connectivity index (χ4v) is 4.93. The minimum absolute atomic E-state index is 0.203. The van der Waals surface area contributed by atoms with Gasteiger partial charge in [0.15, 0.2) is 5.82 Å². The molecule has 3 aliphatic rings. The van der Waals surface area contributed by atoms with Crippen molar-refractivity contribution in [1.82, 2.24) is 29.5 Å². The van der Waals surface area contributed by atoms with Gasteiger partial charge >= 0.3 is 0 Å². The van der Waals surface area contributed by atoms with Crippen molar-refractivity contribution in [2.24, 2.45) is 0 Å². The maximum atomic E-state index is 12.9. The Bertz CT molecular complexity index is 1000. The Balaban J connectivity index is 1.21. The highest BCUT2D eigenvalue weighted by Gasteiger charge is 2.31. The fraction of sp³-hybridized carbons (Fsp3) is 0.545. The molecule has 8 nitrogen and oxygen atoms in total. The van der Waals surface area contributed by atoms with Gasteiger partial charge < -0.3 is 4.90 Å². The first-order chi connectivity index (χ1) is 15.1. The van der Waals surface area contributed by atoms with Crippen LogP contribution in [0.1, 0.15) is 36.1 Å². The highest BCUT2D eigenvalue weighted by Crippen LogP contribution is 2.28. The van der Waals surface area contributed by atoms with Gasteiger partial charge in [0.1, 0.15) is 11.2 Å². The van der Waals surface area contributed by atoms with Gasteiger partial charge in [-0.15, -0.1) is 0 Å². The van der Waals surface area contributed by atoms with E-state index in [9.17, 15) is 4.79 Å². The molecule has 1 saturated carbocycles. The average molecular weight is 440 g/mol. The predicted molar refractivity (Wildman–Crippen MR) is 116 cm³/mol. The number of hydrogen-bond acceptors (Lipinski definition) is 6. The molecule has 1 aliphatic carbocycles. The van der Waals surface area contributed by atoms with Crippen LogP contribution in [0.4, 0.5) is 0 Å². The maximum absolute atomic E-state index is 12.9. The summed E-state index contributed by atoms with van der Waals surface area (Å²) in [4.78, 5) is 23.9. The second-order valence-electron chi connectivity index (χ2n) is 8.61. The van der Waals surface area contributed by atoms with Crippen LogP contribution in [0.2, 0.25) is 5.15 Å². The minimum atomic E-state index is 0.203. The fourth-order valence-electron chi connectivity index (χ4n) is 4.64. The molecule has 0 radical (unpaired) electrons. The molecule has 0 unspecified atom stereocenters. The standard InChI is InChI=1S/C22H26ClN7O/c23-22-18-14-27(15-21(31)29-10-8-28(9-11-29)17-2-1-3-17)7-6-19(18)26-30(22)20-5-4-16(12-24)13-25-20/h4-5,13,17H,1-3,6-11,14-15H2. The highest BCUT2D eigenvalue weighted by atomic mass is 35.5. The zero-order valence-electron chi connectivity index (χ0n) is 17.5. The van der Waals surface area contributed by atoms with Gasteiger partial charge in [-0.05, 0) is 25.0 Å². The van der Waals surface area contributed by atoms with Crippen molar-refractivity contribution in [3.8, 4) is 11.9 Å². The van der Waals surface area contributed by atoms with E-state index >= 15 is 0 Å². The molecule has 31 heavy (non-hydrogen) atoms. The van der Waals surface area contributed by atoms with Crippen LogP contribution in [0.25, 0.3) is 5.82 Å². The lowest BCUT2D eigenvalue weighted by Gasteiger charge is -2.43. The topological polar surface area (TPSA) is 81.3 Å². The van der Waals surface area contributed by atoms with Crippen molar-refractivity contribution in [2.45, 2.75) is 38.3 Å². The van der Waals surface area contributed by atoms with Gasteiger partial charge in [0.2, 0.25) is 5.91 Å². The summed E-state index contributed by atoms with van der Waals surface area (Å²) < 4.78 is 1.62. The number of aromatic nitrogens is 3. The molecular weight excluding hydrogens is 414 g/mol. The molecule has 5 rings (SSSR count). The Morgan fingerprint density at radius 3 is 2.65 bits per heavy atom. The first-order valence-electron chi connectivity index (χ1n) is 11.0. The Morgan fingerprint density at radius 1 is 1.19 bits per heavy atom. The number of pyridine rings is 1. The van der Waals surface area contributed by atoms with Crippen molar-refractivity contribution >= 4 is 17.5 Å². The molecular formula is C22H26ClN7O. The molecule has 9 heteroatoms. The Kier molecular flexibility index (Phi) is 5.65. The number of nitriles is 1. The normalized spacial score (nSPS) is 20.2. The molecule has 1 saturated heterocycles. The lowest BCUT2D eigenvalue weighted by atomic mass is 9.91. The highest BCUT2D eigenvalue weighted by molar-refractivity contribution is 6.30. The number of carbonyl (C=O) groups is 1. The summed E-state index contributed by atoms with van der Waals surface area (Å²) in [6.45, 7) is 5.47. The van der Waals surface area contributed by atoms with Gasteiger partial charge in [-0.2, -0.15) is 10.4 Å². The molecule has 0 spiro atoms. The Labute approximate surface area is 187 Å². The van der Waals surface area contributed by atoms with E-state index in [1.54, 1.807) is 16.8 Å². The second-order valence-corrected chi connectivity index (χ2v) is 8.96. The number of piperazine rings is 1. The molecule has 162 valence electrons. The van der Waals surface area contributed by atoms with E-state index in [4.69, 9.17) is 16.9 Å². The zero-order chi connectivity index (χ0) is 21.4. The maximum Gasteiger partial charge on any atom is 0.236 e. The molecule has 2 aromatic rings. The van der Waals surface area contributed by atoms with Gasteiger partial charge in [0.25, 0.3) is 0 Å². The van der Waals surface area contributed by atoms with E-state index in [1.165, 1.54) is 25.5 Å². The van der Waals surface area contributed by atoms with Crippen molar-refractivity contribution in [3.63, 3.8) is 0 Å². The third-order valence-electron chi connectivity index (χ3n) is 6.76. The second kappa shape index (κ2) is 8.58. The van der Waals surface area contributed by atoms with Crippen LogP contribution < -0.4 is 0 Å². The third-order valence-corrected chi connectivity index (χ3v) is 7.15. The van der Waals surface area contributed by atoms with Gasteiger partial charge in [0, 0.05) is 63.5 Å². The minimum Gasteiger partial charge on any atom is -0.339 e. The molecule has 0 bridgehead atoms. The van der Waals surface area contributed by atoms with Gasteiger partial charge in [-0.3, -0.25) is 14.6 Å². The van der Waals surface area contributed by atoms with E-state index in [1.807, 2.05) is 4.90 Å². The number of nitrogens with zero attached hydrogens (tertiary/aromatic N) is 7. The van der Waals surface area contributed by atoms with E-state index in [0.717, 1.165) is 56.4 Å². The van der Waals surface area contributed by atoms with Crippen LogP contribution in [0, 0.1) is 11.3 Å². The lowest BCUT2D eigenvalue weighted by molar-refractivity contribution is -0.135. The van der Waals surface area contributed by atoms with Crippen LogP contribution in [-0.4, -0.2) is 80.7 Å². The van der Waals surface area contributed by atoms with Crippen molar-refractivity contribution in [3.05, 3.63) is 40.3 Å². The average Bonchev–Trinajstić information content (AvgIpc) is 3.09. The summed E-state index contributed by atoms with van der Waals surface area (Å²) in [5, 5.41) is 14.1. The smallest absolute Gasteiger partial charge is 0.236 e. The van der Waals surface area contributed by atoms with Gasteiger partial charge in [0.05, 0.1) is 17.8 Å². The van der Waals surface area contributed by atoms with E-state index in [2.05, 4.69) is 26.0 Å². The molecule has 4 heterocycles. The van der Waals surface area contributed by atoms with Gasteiger partial charge in [-0.1, -0.05) is 18.0 Å². The van der Waals surface area contributed by atoms with Crippen LogP contribution in [0.5, 0.6) is 0 Å². The molecule has 0 atom stereocenters. The number of amides is 1. The SMILES string of the molecule is N#Cc1ccc(-n2nc3c(c2Cl)CN(CC(=O)N2CCN(C4CCC4)CC2)CC3)nc1. The summed E-state index contributed by atoms with van der Waals surface area (Å²) in [7, 11) is 0. The van der Waals surface area contributed by atoms with E-state index in [0.29, 0.717) is 29.6 Å². The largest absolute Gasteiger partial charge is 0.339 e. The van der Waals surface area contributed by atoms with Crippen LogP contribution >= 0.6 is 11.6 Å². The van der Waals surface area contributed by atoms with Crippen LogP contribution in [-0.2, 0) is 17.8 Å². The Morgan fingerprint density at radius 2 is 2.00 bits per heavy atom. The molecule has 2 aromatic heterocycles. The first-order valence-corrected chi connectivity index (χ1v) is 11.4. The number of rotatable bonds is 4. The lowest BCUT2D eigenvalue weighted by Crippen LogP contribution is -2.55. The zero-order valence-corrected chi connectivity index (χ0v) is 18.3. The van der Waals surface area contributed by atoms with E-state index < -0.39 is 0 Å². The van der Waals surface area contributed by atoms with Gasteiger partial charge in [-0.25, -0.2) is 9.67 Å². The summed E-state index contributed by atoms with van der Waals surface area (Å²) in [5.74, 6) is 0.791. The van der Waals surface area contributed by atoms with Crippen molar-refractivity contribution < 1.29 is 4.79 Å². The molecule has 0 aromatic carbocycles. The summed E-state index contributed by atoms with van der Waals surface area (Å²) in [6, 6.07) is 6.26. The number of halogens is 1. The summed E-state index contributed by atoms with van der Waals surface area (Å²) in [6.07, 6.45) is 6.25. The number of fused-ring (bicyclic) bond motifs is 1. The van der Waals surface area contributed by atoms with E-state index in [-0.39, 0.29) is 5.91 Å². The monoisotopic (exact) mass is 439 g/mol. The first kappa shape index (κ1) is 20.4. The molecule has 1 amide bonds. The molecule has 2 aliphatic heterocycles. The van der Waals surface area contributed by atoms with Crippen molar-refractivity contribution in [1.29, 1.82) is 5.26 Å². The number of hydrogen-bond donors (Lipinski definition) is 0. The molecule has 2 fully saturated rings. The Hall–Kier alpha value is -2.47. The van der Waals surface area contributed by atoms with Crippen LogP contribution in [0.15, 0.2) is 18.3 Å². The predicted octanol–water partition coefficient (Wildman–Crippen LogP) is 1.85. The summed E-state index contributed by atoms with van der Waals surface area (Å²) >= 11 is 6.63. The quantitative estimate of drug-likeness (QED) is 0.723.